The molecule has 0 unspecified atom stereocenters. The smallest absolute Gasteiger partial charge is 0.251 e. The lowest BCUT2D eigenvalue weighted by Crippen LogP contribution is -2.22. The average Bonchev–Trinajstić information content (AvgIpc) is 2.47. The van der Waals surface area contributed by atoms with Crippen LogP contribution in [0.15, 0.2) is 42.5 Å². The van der Waals surface area contributed by atoms with Gasteiger partial charge in [-0.3, -0.25) is 4.79 Å². The van der Waals surface area contributed by atoms with Crippen molar-refractivity contribution in [2.24, 2.45) is 0 Å². The quantitative estimate of drug-likeness (QED) is 0.833. The number of carbonyl (C=O) groups is 1. The van der Waals surface area contributed by atoms with Crippen LogP contribution in [0.5, 0.6) is 5.75 Å². The monoisotopic (exact) mass is 304 g/mol. The van der Waals surface area contributed by atoms with E-state index >= 15 is 0 Å². The van der Waals surface area contributed by atoms with E-state index in [1.54, 1.807) is 24.3 Å². The molecule has 0 spiro atoms. The minimum Gasteiger partial charge on any atom is -0.492 e. The van der Waals surface area contributed by atoms with Gasteiger partial charge in [-0.15, -0.1) is 0 Å². The van der Waals surface area contributed by atoms with Crippen LogP contribution in [-0.2, 0) is 6.54 Å². The highest BCUT2D eigenvalue weighted by molar-refractivity contribution is 6.30. The van der Waals surface area contributed by atoms with E-state index in [1.165, 1.54) is 0 Å². The van der Waals surface area contributed by atoms with E-state index in [9.17, 15) is 4.79 Å². The lowest BCUT2D eigenvalue weighted by Gasteiger charge is -2.09. The number of hydrogen-bond donors (Lipinski definition) is 2. The zero-order valence-electron chi connectivity index (χ0n) is 11.7. The van der Waals surface area contributed by atoms with Crippen molar-refractivity contribution in [2.45, 2.75) is 13.5 Å². The van der Waals surface area contributed by atoms with Crippen molar-refractivity contribution in [3.05, 3.63) is 58.6 Å². The number of nitrogens with one attached hydrogen (secondary N) is 1. The average molecular weight is 305 g/mol. The maximum absolute atomic E-state index is 12.1. The third-order valence-corrected chi connectivity index (χ3v) is 3.15. The van der Waals surface area contributed by atoms with E-state index in [1.807, 2.05) is 25.1 Å². The summed E-state index contributed by atoms with van der Waals surface area (Å²) in [7, 11) is 0. The molecule has 2 aromatic carbocycles. The molecule has 0 saturated heterocycles. The second kappa shape index (κ2) is 6.99. The predicted octanol–water partition coefficient (Wildman–Crippen LogP) is 3.25. The Labute approximate surface area is 128 Å². The maximum atomic E-state index is 12.1. The van der Waals surface area contributed by atoms with E-state index in [-0.39, 0.29) is 5.91 Å². The number of nitrogen functional groups attached to an aromatic ring is 1. The first-order chi connectivity index (χ1) is 10.1. The van der Waals surface area contributed by atoms with E-state index in [0.29, 0.717) is 35.2 Å². The van der Waals surface area contributed by atoms with E-state index in [4.69, 9.17) is 22.1 Å². The normalized spacial score (nSPS) is 10.2. The van der Waals surface area contributed by atoms with Crippen molar-refractivity contribution in [3.8, 4) is 5.75 Å². The second-order valence-corrected chi connectivity index (χ2v) is 4.93. The molecule has 0 aliphatic heterocycles. The van der Waals surface area contributed by atoms with E-state index in [2.05, 4.69) is 5.32 Å². The number of nitrogens with two attached hydrogens (primary N) is 1. The number of benzene rings is 2. The van der Waals surface area contributed by atoms with Gasteiger partial charge in [0.25, 0.3) is 5.91 Å². The first-order valence-electron chi connectivity index (χ1n) is 6.65. The van der Waals surface area contributed by atoms with Gasteiger partial charge >= 0.3 is 0 Å². The SMILES string of the molecule is CCOc1ccc(C(=O)NCc2cccc(Cl)c2)cc1N. The molecule has 0 fully saturated rings. The van der Waals surface area contributed by atoms with Crippen molar-refractivity contribution < 1.29 is 9.53 Å². The Hall–Kier alpha value is -2.20. The standard InChI is InChI=1S/C16H17ClN2O2/c1-2-21-15-7-6-12(9-14(15)18)16(20)19-10-11-4-3-5-13(17)8-11/h3-9H,2,10,18H2,1H3,(H,19,20). The number of rotatable bonds is 5. The van der Waals surface area contributed by atoms with Crippen molar-refractivity contribution in [2.75, 3.05) is 12.3 Å². The number of anilines is 1. The first kappa shape index (κ1) is 15.2. The second-order valence-electron chi connectivity index (χ2n) is 4.50. The fraction of sp³-hybridized carbons (Fsp3) is 0.188. The summed E-state index contributed by atoms with van der Waals surface area (Å²) in [6, 6.07) is 12.4. The first-order valence-corrected chi connectivity index (χ1v) is 7.03. The lowest BCUT2D eigenvalue weighted by atomic mass is 10.1. The van der Waals surface area contributed by atoms with Gasteiger partial charge in [-0.2, -0.15) is 0 Å². The Morgan fingerprint density at radius 2 is 2.10 bits per heavy atom. The molecule has 0 radical (unpaired) electrons. The van der Waals surface area contributed by atoms with Gasteiger partial charge < -0.3 is 15.8 Å². The number of hydrogen-bond acceptors (Lipinski definition) is 3. The molecule has 0 aliphatic carbocycles. The van der Waals surface area contributed by atoms with Gasteiger partial charge in [-0.05, 0) is 42.8 Å². The van der Waals surface area contributed by atoms with Crippen molar-refractivity contribution in [1.82, 2.24) is 5.32 Å². The van der Waals surface area contributed by atoms with Crippen LogP contribution in [0.25, 0.3) is 0 Å². The van der Waals surface area contributed by atoms with Gasteiger partial charge in [-0.1, -0.05) is 23.7 Å². The Bertz CT molecular complexity index is 644. The van der Waals surface area contributed by atoms with Crippen LogP contribution in [0.2, 0.25) is 5.02 Å². The van der Waals surface area contributed by atoms with Gasteiger partial charge in [0.1, 0.15) is 5.75 Å². The fourth-order valence-corrected chi connectivity index (χ4v) is 2.12. The zero-order valence-corrected chi connectivity index (χ0v) is 12.5. The molecule has 0 atom stereocenters. The van der Waals surface area contributed by atoms with Crippen molar-refractivity contribution in [3.63, 3.8) is 0 Å². The Kier molecular flexibility index (Phi) is 5.06. The van der Waals surface area contributed by atoms with Crippen LogP contribution in [0.1, 0.15) is 22.8 Å². The Morgan fingerprint density at radius 1 is 1.29 bits per heavy atom. The summed E-state index contributed by atoms with van der Waals surface area (Å²) in [6.45, 7) is 2.82. The molecule has 2 rings (SSSR count). The molecule has 0 aromatic heterocycles. The van der Waals surface area contributed by atoms with Crippen LogP contribution in [0, 0.1) is 0 Å². The van der Waals surface area contributed by atoms with Crippen LogP contribution < -0.4 is 15.8 Å². The molecule has 1 amide bonds. The molecule has 0 aliphatic rings. The lowest BCUT2D eigenvalue weighted by molar-refractivity contribution is 0.0951. The molecule has 4 nitrogen and oxygen atoms in total. The molecule has 2 aromatic rings. The topological polar surface area (TPSA) is 64.3 Å². The number of amides is 1. The number of halogens is 1. The summed E-state index contributed by atoms with van der Waals surface area (Å²) in [4.78, 5) is 12.1. The summed E-state index contributed by atoms with van der Waals surface area (Å²) in [6.07, 6.45) is 0. The predicted molar refractivity (Wildman–Crippen MR) is 84.6 cm³/mol. The molecule has 21 heavy (non-hydrogen) atoms. The largest absolute Gasteiger partial charge is 0.492 e. The molecule has 110 valence electrons. The summed E-state index contributed by atoms with van der Waals surface area (Å²) < 4.78 is 5.34. The molecular formula is C16H17ClN2O2. The van der Waals surface area contributed by atoms with Gasteiger partial charge in [0.05, 0.1) is 12.3 Å². The Morgan fingerprint density at radius 3 is 2.76 bits per heavy atom. The van der Waals surface area contributed by atoms with Crippen LogP contribution in [-0.4, -0.2) is 12.5 Å². The van der Waals surface area contributed by atoms with Crippen LogP contribution >= 0.6 is 11.6 Å². The number of ether oxygens (including phenoxy) is 1. The van der Waals surface area contributed by atoms with Gasteiger partial charge in [-0.25, -0.2) is 0 Å². The minimum atomic E-state index is -0.190. The van der Waals surface area contributed by atoms with Crippen LogP contribution in [0.4, 0.5) is 5.69 Å². The third kappa shape index (κ3) is 4.13. The fourth-order valence-electron chi connectivity index (χ4n) is 1.91. The van der Waals surface area contributed by atoms with Gasteiger partial charge in [0, 0.05) is 17.1 Å². The highest BCUT2D eigenvalue weighted by Gasteiger charge is 2.08. The maximum Gasteiger partial charge on any atom is 0.251 e. The molecule has 0 saturated carbocycles. The summed E-state index contributed by atoms with van der Waals surface area (Å²) in [5.74, 6) is 0.397. The van der Waals surface area contributed by atoms with E-state index < -0.39 is 0 Å². The Balaban J connectivity index is 2.02. The van der Waals surface area contributed by atoms with Gasteiger partial charge in [0.2, 0.25) is 0 Å². The summed E-state index contributed by atoms with van der Waals surface area (Å²) in [5.41, 5.74) is 7.74. The van der Waals surface area contributed by atoms with Crippen molar-refractivity contribution >= 4 is 23.2 Å². The van der Waals surface area contributed by atoms with Crippen LogP contribution in [0.3, 0.4) is 0 Å². The third-order valence-electron chi connectivity index (χ3n) is 2.91. The minimum absolute atomic E-state index is 0.190. The molecule has 3 N–H and O–H groups in total. The van der Waals surface area contributed by atoms with Gasteiger partial charge in [0.15, 0.2) is 0 Å². The highest BCUT2D eigenvalue weighted by Crippen LogP contribution is 2.22. The summed E-state index contributed by atoms with van der Waals surface area (Å²) in [5, 5.41) is 3.47. The van der Waals surface area contributed by atoms with Crippen molar-refractivity contribution in [1.29, 1.82) is 0 Å². The number of carbonyl (C=O) groups excluding carboxylic acids is 1. The molecular weight excluding hydrogens is 288 g/mol. The summed E-state index contributed by atoms with van der Waals surface area (Å²) >= 11 is 5.90. The molecule has 5 heteroatoms. The highest BCUT2D eigenvalue weighted by atomic mass is 35.5. The molecule has 0 bridgehead atoms. The van der Waals surface area contributed by atoms with E-state index in [0.717, 1.165) is 5.56 Å². The zero-order chi connectivity index (χ0) is 15.2. The molecule has 0 heterocycles.